The third-order valence-electron chi connectivity index (χ3n) is 6.57. The topological polar surface area (TPSA) is 68.5 Å². The molecule has 1 aromatic heterocycles. The van der Waals surface area contributed by atoms with E-state index in [9.17, 15) is 18.0 Å². The smallest absolute Gasteiger partial charge is 0.417 e. The molecule has 0 fully saturated rings. The number of hydrogen-bond acceptors (Lipinski definition) is 6. The molecule has 0 N–H and O–H groups in total. The molecule has 1 atom stereocenters. The van der Waals surface area contributed by atoms with Crippen molar-refractivity contribution in [1.82, 2.24) is 15.0 Å². The number of benzene rings is 3. The van der Waals surface area contributed by atoms with Crippen molar-refractivity contribution >= 4 is 5.97 Å². The summed E-state index contributed by atoms with van der Waals surface area (Å²) in [5.41, 5.74) is 0.463. The Morgan fingerprint density at radius 3 is 2.32 bits per heavy atom. The third-order valence-corrected chi connectivity index (χ3v) is 6.57. The van der Waals surface area contributed by atoms with Gasteiger partial charge in [-0.05, 0) is 76.6 Å². The highest BCUT2D eigenvalue weighted by molar-refractivity contribution is 5.76. The monoisotopic (exact) mass is 569 g/mol. The van der Waals surface area contributed by atoms with Gasteiger partial charge in [0.05, 0.1) is 5.56 Å². The van der Waals surface area contributed by atoms with Gasteiger partial charge in [0.2, 0.25) is 5.82 Å². The Labute approximate surface area is 235 Å². The van der Waals surface area contributed by atoms with Gasteiger partial charge in [-0.2, -0.15) is 18.2 Å². The minimum atomic E-state index is -4.62. The zero-order chi connectivity index (χ0) is 30.1. The molecule has 1 unspecified atom stereocenters. The van der Waals surface area contributed by atoms with Gasteiger partial charge in [-0.25, -0.2) is 4.39 Å². The number of nitrogens with zero attached hydrogens (tertiary/aromatic N) is 3. The van der Waals surface area contributed by atoms with Crippen molar-refractivity contribution in [3.8, 4) is 34.0 Å². The van der Waals surface area contributed by atoms with Gasteiger partial charge in [-0.15, -0.1) is 0 Å². The zero-order valence-electron chi connectivity index (χ0n) is 23.6. The molecule has 0 saturated carbocycles. The Morgan fingerprint density at radius 2 is 1.68 bits per heavy atom. The molecule has 0 aliphatic carbocycles. The Morgan fingerprint density at radius 1 is 1.00 bits per heavy atom. The van der Waals surface area contributed by atoms with Crippen LogP contribution in [0.25, 0.3) is 34.0 Å². The number of hydrogen-bond donors (Lipinski definition) is 0. The van der Waals surface area contributed by atoms with Gasteiger partial charge in [0, 0.05) is 23.2 Å². The lowest BCUT2D eigenvalue weighted by atomic mass is 9.94. The summed E-state index contributed by atoms with van der Waals surface area (Å²) in [5.74, 6) is -1.08. The molecule has 0 spiro atoms. The van der Waals surface area contributed by atoms with E-state index in [1.807, 2.05) is 0 Å². The summed E-state index contributed by atoms with van der Waals surface area (Å²) in [4.78, 5) is 18.3. The number of likely N-dealkylation sites (N-methyl/N-ethyl adjacent to an activating group) is 1. The summed E-state index contributed by atoms with van der Waals surface area (Å²) in [6, 6.07) is 14.4. The minimum Gasteiger partial charge on any atom is -0.459 e. The molecule has 4 aromatic rings. The highest BCUT2D eigenvalue weighted by Gasteiger charge is 2.35. The van der Waals surface area contributed by atoms with Crippen molar-refractivity contribution in [1.29, 1.82) is 0 Å². The van der Waals surface area contributed by atoms with E-state index in [1.165, 1.54) is 24.3 Å². The predicted octanol–water partition coefficient (Wildman–Crippen LogP) is 7.70. The maximum absolute atomic E-state index is 15.0. The van der Waals surface area contributed by atoms with Crippen LogP contribution in [0.1, 0.15) is 44.4 Å². The van der Waals surface area contributed by atoms with E-state index in [2.05, 4.69) is 10.1 Å². The van der Waals surface area contributed by atoms with E-state index in [0.717, 1.165) is 6.07 Å². The Balaban J connectivity index is 1.56. The first-order valence-corrected chi connectivity index (χ1v) is 13.0. The second-order valence-electron chi connectivity index (χ2n) is 10.9. The predicted molar refractivity (Wildman–Crippen MR) is 147 cm³/mol. The molecule has 6 nitrogen and oxygen atoms in total. The van der Waals surface area contributed by atoms with Gasteiger partial charge in [-0.1, -0.05) is 47.6 Å². The van der Waals surface area contributed by atoms with Crippen LogP contribution in [0, 0.1) is 12.7 Å². The molecule has 0 aliphatic rings. The van der Waals surface area contributed by atoms with Crippen LogP contribution < -0.4 is 0 Å². The molecule has 10 heteroatoms. The molecule has 4 rings (SSSR count). The standard InChI is InChI=1S/C31H31F4N3O3/c1-18-9-7-8-10-23(18)24-14-13-21(15-25(24)31(33,34)35)28-36-27(37-41-28)20-11-12-22(26(32)16-20)17-38(6)19(2)29(39)40-30(3,4)5/h7-16,19H,17H2,1-6H3. The summed E-state index contributed by atoms with van der Waals surface area (Å²) in [6.45, 7) is 8.88. The van der Waals surface area contributed by atoms with E-state index in [0.29, 0.717) is 16.7 Å². The first-order chi connectivity index (χ1) is 19.1. The molecule has 0 aliphatic heterocycles. The molecular weight excluding hydrogens is 538 g/mol. The lowest BCUT2D eigenvalue weighted by molar-refractivity contribution is -0.160. The van der Waals surface area contributed by atoms with Crippen LogP contribution in [-0.2, 0) is 22.3 Å². The van der Waals surface area contributed by atoms with Gasteiger partial charge in [0.15, 0.2) is 0 Å². The highest BCUT2D eigenvalue weighted by Crippen LogP contribution is 2.40. The van der Waals surface area contributed by atoms with Crippen molar-refractivity contribution in [3.63, 3.8) is 0 Å². The van der Waals surface area contributed by atoms with E-state index in [1.54, 1.807) is 76.9 Å². The number of alkyl halides is 3. The number of carbonyl (C=O) groups is 1. The molecule has 41 heavy (non-hydrogen) atoms. The molecule has 0 radical (unpaired) electrons. The lowest BCUT2D eigenvalue weighted by Gasteiger charge is -2.27. The summed E-state index contributed by atoms with van der Waals surface area (Å²) < 4.78 is 67.8. The average Bonchev–Trinajstić information content (AvgIpc) is 3.38. The van der Waals surface area contributed by atoms with E-state index in [4.69, 9.17) is 9.26 Å². The first-order valence-electron chi connectivity index (χ1n) is 13.0. The largest absolute Gasteiger partial charge is 0.459 e. The molecule has 216 valence electrons. The van der Waals surface area contributed by atoms with Gasteiger partial charge >= 0.3 is 12.1 Å². The summed E-state index contributed by atoms with van der Waals surface area (Å²) in [6.07, 6.45) is -4.62. The quantitative estimate of drug-likeness (QED) is 0.168. The van der Waals surface area contributed by atoms with Crippen LogP contribution in [0.3, 0.4) is 0 Å². The maximum atomic E-state index is 15.0. The van der Waals surface area contributed by atoms with Crippen LogP contribution in [0.15, 0.2) is 65.2 Å². The molecule has 0 bridgehead atoms. The van der Waals surface area contributed by atoms with Crippen LogP contribution in [-0.4, -0.2) is 39.7 Å². The summed E-state index contributed by atoms with van der Waals surface area (Å²) in [7, 11) is 1.69. The van der Waals surface area contributed by atoms with Crippen molar-refractivity contribution in [2.24, 2.45) is 0 Å². The van der Waals surface area contributed by atoms with Gasteiger partial charge in [-0.3, -0.25) is 9.69 Å². The number of aromatic nitrogens is 2. The normalized spacial score (nSPS) is 13.0. The maximum Gasteiger partial charge on any atom is 0.417 e. The van der Waals surface area contributed by atoms with E-state index >= 15 is 4.39 Å². The third kappa shape index (κ3) is 7.00. The fourth-order valence-electron chi connectivity index (χ4n) is 4.27. The van der Waals surface area contributed by atoms with Crippen LogP contribution in [0.4, 0.5) is 17.6 Å². The molecule has 0 saturated heterocycles. The summed E-state index contributed by atoms with van der Waals surface area (Å²) >= 11 is 0. The number of rotatable bonds is 7. The Hall–Kier alpha value is -4.05. The van der Waals surface area contributed by atoms with Gasteiger partial charge < -0.3 is 9.26 Å². The van der Waals surface area contributed by atoms with Gasteiger partial charge in [0.25, 0.3) is 5.89 Å². The fourth-order valence-corrected chi connectivity index (χ4v) is 4.27. The SMILES string of the molecule is Cc1ccccc1-c1ccc(-c2nc(-c3ccc(CN(C)C(C)C(=O)OC(C)(C)C)c(F)c3)no2)cc1C(F)(F)F. The first kappa shape index (κ1) is 29.9. The Kier molecular flexibility index (Phi) is 8.35. The van der Waals surface area contributed by atoms with Gasteiger partial charge in [0.1, 0.15) is 17.5 Å². The van der Waals surface area contributed by atoms with Crippen LogP contribution in [0.2, 0.25) is 0 Å². The fraction of sp³-hybridized carbons (Fsp3) is 0.323. The second kappa shape index (κ2) is 11.4. The molecule has 3 aromatic carbocycles. The van der Waals surface area contributed by atoms with Crippen LogP contribution >= 0.6 is 0 Å². The number of halogens is 4. The van der Waals surface area contributed by atoms with Crippen molar-refractivity contribution < 1.29 is 31.6 Å². The Bertz CT molecular complexity index is 1560. The minimum absolute atomic E-state index is 0.0254. The molecule has 0 amide bonds. The average molecular weight is 570 g/mol. The van der Waals surface area contributed by atoms with Crippen molar-refractivity contribution in [3.05, 3.63) is 83.2 Å². The number of ether oxygens (including phenoxy) is 1. The van der Waals surface area contributed by atoms with Crippen LogP contribution in [0.5, 0.6) is 0 Å². The molecular formula is C31H31F4N3O3. The number of carbonyl (C=O) groups excluding carboxylic acids is 1. The summed E-state index contributed by atoms with van der Waals surface area (Å²) in [5, 5.41) is 3.86. The zero-order valence-corrected chi connectivity index (χ0v) is 23.6. The van der Waals surface area contributed by atoms with Crippen molar-refractivity contribution in [2.45, 2.75) is 59.0 Å². The van der Waals surface area contributed by atoms with Crippen molar-refractivity contribution in [2.75, 3.05) is 7.05 Å². The second-order valence-corrected chi connectivity index (χ2v) is 10.9. The number of esters is 1. The molecule has 1 heterocycles. The van der Waals surface area contributed by atoms with E-state index < -0.39 is 35.2 Å². The lowest BCUT2D eigenvalue weighted by Crippen LogP contribution is -2.40. The highest BCUT2D eigenvalue weighted by atomic mass is 19.4. The number of aryl methyl sites for hydroxylation is 1. The van der Waals surface area contributed by atoms with E-state index in [-0.39, 0.29) is 35.0 Å².